The summed E-state index contributed by atoms with van der Waals surface area (Å²) in [6.45, 7) is 2.21. The van der Waals surface area contributed by atoms with E-state index >= 15 is 0 Å². The zero-order chi connectivity index (χ0) is 19.2. The lowest BCUT2D eigenvalue weighted by molar-refractivity contribution is 0.414. The van der Waals surface area contributed by atoms with E-state index in [4.69, 9.17) is 9.72 Å². The van der Waals surface area contributed by atoms with Gasteiger partial charge in [0.05, 0.1) is 23.7 Å². The molecule has 1 aromatic heterocycles. The van der Waals surface area contributed by atoms with Gasteiger partial charge in [-0.2, -0.15) is 0 Å². The molecule has 0 radical (unpaired) electrons. The SMILES string of the molecule is CCCCCCSc1nc2ccc(I)cc2c(=O)n1-c1ccc(OC)cc1. The fourth-order valence-corrected chi connectivity index (χ4v) is 4.39. The van der Waals surface area contributed by atoms with Crippen LogP contribution in [0.25, 0.3) is 16.6 Å². The zero-order valence-corrected chi connectivity index (χ0v) is 18.5. The Hall–Kier alpha value is -1.54. The molecule has 0 saturated heterocycles. The standard InChI is InChI=1S/C21H23IN2O2S/c1-3-4-5-6-13-27-21-23-19-12-7-15(22)14-18(19)20(25)24(21)16-8-10-17(26-2)11-9-16/h7-12,14H,3-6,13H2,1-2H3. The summed E-state index contributed by atoms with van der Waals surface area (Å²) in [4.78, 5) is 18.1. The number of ether oxygens (including phenoxy) is 1. The molecule has 0 bridgehead atoms. The molecule has 0 aliphatic carbocycles. The predicted octanol–water partition coefficient (Wildman–Crippen LogP) is 5.67. The number of hydrogen-bond donors (Lipinski definition) is 0. The van der Waals surface area contributed by atoms with Crippen molar-refractivity contribution in [1.82, 2.24) is 9.55 Å². The molecular formula is C21H23IN2O2S. The highest BCUT2D eigenvalue weighted by molar-refractivity contribution is 14.1. The third kappa shape index (κ3) is 4.85. The average Bonchev–Trinajstić information content (AvgIpc) is 2.69. The highest BCUT2D eigenvalue weighted by Crippen LogP contribution is 2.24. The first-order chi connectivity index (χ1) is 13.1. The van der Waals surface area contributed by atoms with Crippen molar-refractivity contribution >= 4 is 45.3 Å². The molecule has 1 heterocycles. The molecule has 0 fully saturated rings. The van der Waals surface area contributed by atoms with Crippen molar-refractivity contribution in [3.8, 4) is 11.4 Å². The molecule has 2 aromatic carbocycles. The minimum Gasteiger partial charge on any atom is -0.497 e. The van der Waals surface area contributed by atoms with Gasteiger partial charge >= 0.3 is 0 Å². The Kier molecular flexibility index (Phi) is 7.18. The lowest BCUT2D eigenvalue weighted by atomic mass is 10.2. The van der Waals surface area contributed by atoms with E-state index in [-0.39, 0.29) is 5.56 Å². The van der Waals surface area contributed by atoms with Crippen LogP contribution in [0.5, 0.6) is 5.75 Å². The third-order valence-corrected chi connectivity index (χ3v) is 6.06. The molecule has 0 spiro atoms. The topological polar surface area (TPSA) is 44.1 Å². The Labute approximate surface area is 177 Å². The molecule has 0 atom stereocenters. The van der Waals surface area contributed by atoms with E-state index in [2.05, 4.69) is 29.5 Å². The summed E-state index contributed by atoms with van der Waals surface area (Å²) >= 11 is 3.88. The van der Waals surface area contributed by atoms with Crippen molar-refractivity contribution in [2.45, 2.75) is 37.8 Å². The van der Waals surface area contributed by atoms with Gasteiger partial charge in [-0.05, 0) is 71.5 Å². The van der Waals surface area contributed by atoms with E-state index in [0.717, 1.165) is 37.9 Å². The number of fused-ring (bicyclic) bond motifs is 1. The number of aromatic nitrogens is 2. The summed E-state index contributed by atoms with van der Waals surface area (Å²) < 4.78 is 8.00. The summed E-state index contributed by atoms with van der Waals surface area (Å²) in [5, 5.41) is 1.39. The second kappa shape index (κ2) is 9.59. The molecule has 6 heteroatoms. The highest BCUT2D eigenvalue weighted by atomic mass is 127. The molecule has 3 aromatic rings. The fraction of sp³-hybridized carbons (Fsp3) is 0.333. The van der Waals surface area contributed by atoms with Gasteiger partial charge in [0.2, 0.25) is 0 Å². The lowest BCUT2D eigenvalue weighted by Gasteiger charge is -2.14. The van der Waals surface area contributed by atoms with Gasteiger partial charge in [0, 0.05) is 9.32 Å². The van der Waals surface area contributed by atoms with Gasteiger partial charge in [0.1, 0.15) is 5.75 Å². The summed E-state index contributed by atoms with van der Waals surface area (Å²) in [6, 6.07) is 13.4. The van der Waals surface area contributed by atoms with E-state index in [1.54, 1.807) is 23.4 Å². The normalized spacial score (nSPS) is 11.1. The van der Waals surface area contributed by atoms with Crippen LogP contribution in [0.4, 0.5) is 0 Å². The van der Waals surface area contributed by atoms with Crippen LogP contribution in [0.1, 0.15) is 32.6 Å². The Morgan fingerprint density at radius 2 is 1.89 bits per heavy atom. The van der Waals surface area contributed by atoms with E-state index in [0.29, 0.717) is 5.39 Å². The molecule has 0 unspecified atom stereocenters. The van der Waals surface area contributed by atoms with Crippen molar-refractivity contribution in [3.05, 3.63) is 56.4 Å². The van der Waals surface area contributed by atoms with Crippen molar-refractivity contribution in [1.29, 1.82) is 0 Å². The molecular weight excluding hydrogens is 471 g/mol. The first-order valence-electron chi connectivity index (χ1n) is 9.13. The van der Waals surface area contributed by atoms with Crippen molar-refractivity contribution in [2.75, 3.05) is 12.9 Å². The number of hydrogen-bond acceptors (Lipinski definition) is 4. The maximum absolute atomic E-state index is 13.3. The summed E-state index contributed by atoms with van der Waals surface area (Å²) in [5.74, 6) is 1.72. The van der Waals surface area contributed by atoms with E-state index in [1.807, 2.05) is 42.5 Å². The Morgan fingerprint density at radius 3 is 2.59 bits per heavy atom. The van der Waals surface area contributed by atoms with Gasteiger partial charge < -0.3 is 4.74 Å². The Morgan fingerprint density at radius 1 is 1.11 bits per heavy atom. The quantitative estimate of drug-likeness (QED) is 0.175. The van der Waals surface area contributed by atoms with Crippen LogP contribution >= 0.6 is 34.4 Å². The average molecular weight is 494 g/mol. The van der Waals surface area contributed by atoms with E-state index in [1.165, 1.54) is 19.3 Å². The molecule has 27 heavy (non-hydrogen) atoms. The van der Waals surface area contributed by atoms with Gasteiger partial charge in [-0.15, -0.1) is 0 Å². The van der Waals surface area contributed by atoms with Gasteiger partial charge in [-0.1, -0.05) is 37.9 Å². The number of benzene rings is 2. The number of thioether (sulfide) groups is 1. The number of unbranched alkanes of at least 4 members (excludes halogenated alkanes) is 3. The summed E-state index contributed by atoms with van der Waals surface area (Å²) in [7, 11) is 1.64. The maximum atomic E-state index is 13.3. The smallest absolute Gasteiger partial charge is 0.266 e. The fourth-order valence-electron chi connectivity index (χ4n) is 2.89. The van der Waals surface area contributed by atoms with Crippen LogP contribution < -0.4 is 10.3 Å². The number of rotatable bonds is 8. The Bertz CT molecular complexity index is 970. The predicted molar refractivity (Wildman–Crippen MR) is 121 cm³/mol. The number of halogens is 1. The summed E-state index contributed by atoms with van der Waals surface area (Å²) in [6.07, 6.45) is 4.80. The minimum atomic E-state index is -0.0280. The van der Waals surface area contributed by atoms with Gasteiger partial charge in [0.15, 0.2) is 5.16 Å². The van der Waals surface area contributed by atoms with Crippen molar-refractivity contribution in [2.24, 2.45) is 0 Å². The monoisotopic (exact) mass is 494 g/mol. The van der Waals surface area contributed by atoms with Gasteiger partial charge in [-0.3, -0.25) is 9.36 Å². The van der Waals surface area contributed by atoms with Gasteiger partial charge in [-0.25, -0.2) is 4.98 Å². The highest BCUT2D eigenvalue weighted by Gasteiger charge is 2.14. The second-order valence-electron chi connectivity index (χ2n) is 6.30. The van der Waals surface area contributed by atoms with Crippen molar-refractivity contribution in [3.63, 3.8) is 0 Å². The van der Waals surface area contributed by atoms with E-state index in [9.17, 15) is 4.79 Å². The minimum absolute atomic E-state index is 0.0280. The van der Waals surface area contributed by atoms with Crippen LogP contribution in [0.15, 0.2) is 52.4 Å². The number of methoxy groups -OCH3 is 1. The lowest BCUT2D eigenvalue weighted by Crippen LogP contribution is -2.22. The molecule has 0 aliphatic rings. The molecule has 0 N–H and O–H groups in total. The largest absolute Gasteiger partial charge is 0.497 e. The zero-order valence-electron chi connectivity index (χ0n) is 15.6. The van der Waals surface area contributed by atoms with E-state index < -0.39 is 0 Å². The first-order valence-corrected chi connectivity index (χ1v) is 11.2. The molecule has 142 valence electrons. The molecule has 0 aliphatic heterocycles. The maximum Gasteiger partial charge on any atom is 0.266 e. The van der Waals surface area contributed by atoms with Crippen LogP contribution in [0.2, 0.25) is 0 Å². The third-order valence-electron chi connectivity index (χ3n) is 4.36. The molecule has 4 nitrogen and oxygen atoms in total. The van der Waals surface area contributed by atoms with Crippen LogP contribution in [0, 0.1) is 3.57 Å². The molecule has 0 amide bonds. The molecule has 3 rings (SSSR count). The second-order valence-corrected chi connectivity index (χ2v) is 8.61. The summed E-state index contributed by atoms with van der Waals surface area (Å²) in [5.41, 5.74) is 1.53. The molecule has 0 saturated carbocycles. The van der Waals surface area contributed by atoms with Crippen LogP contribution in [0.3, 0.4) is 0 Å². The van der Waals surface area contributed by atoms with Crippen LogP contribution in [-0.2, 0) is 0 Å². The number of nitrogens with zero attached hydrogens (tertiary/aromatic N) is 2. The first kappa shape index (κ1) is 20.2. The van der Waals surface area contributed by atoms with Crippen LogP contribution in [-0.4, -0.2) is 22.4 Å². The van der Waals surface area contributed by atoms with Crippen molar-refractivity contribution < 1.29 is 4.74 Å². The van der Waals surface area contributed by atoms with Gasteiger partial charge in [0.25, 0.3) is 5.56 Å². The Balaban J connectivity index is 2.04.